The van der Waals surface area contributed by atoms with Crippen molar-refractivity contribution < 1.29 is 9.53 Å². The number of aromatic nitrogens is 2. The fourth-order valence-corrected chi connectivity index (χ4v) is 4.20. The first kappa shape index (κ1) is 20.0. The Morgan fingerprint density at radius 2 is 1.90 bits per heavy atom. The van der Waals surface area contributed by atoms with Crippen molar-refractivity contribution in [2.45, 2.75) is 26.8 Å². The highest BCUT2D eigenvalue weighted by molar-refractivity contribution is 7.22. The molecule has 0 aliphatic carbocycles. The van der Waals surface area contributed by atoms with E-state index in [4.69, 9.17) is 9.72 Å². The summed E-state index contributed by atoms with van der Waals surface area (Å²) in [5.41, 5.74) is 4.08. The second-order valence-corrected chi connectivity index (χ2v) is 8.03. The number of aryl methyl sites for hydroxylation is 2. The van der Waals surface area contributed by atoms with Crippen LogP contribution in [-0.2, 0) is 17.8 Å². The molecular formula is C24H23N3O2S. The van der Waals surface area contributed by atoms with Crippen LogP contribution in [0.5, 0.6) is 5.75 Å². The summed E-state index contributed by atoms with van der Waals surface area (Å²) in [5, 5.41) is 0.661. The Hall–Kier alpha value is -3.25. The first-order chi connectivity index (χ1) is 14.6. The number of pyridine rings is 1. The summed E-state index contributed by atoms with van der Waals surface area (Å²) >= 11 is 1.52. The lowest BCUT2D eigenvalue weighted by atomic mass is 10.1. The molecule has 0 atom stereocenters. The Morgan fingerprint density at radius 1 is 1.07 bits per heavy atom. The van der Waals surface area contributed by atoms with Crippen LogP contribution in [-0.4, -0.2) is 22.5 Å². The van der Waals surface area contributed by atoms with Crippen LogP contribution >= 0.6 is 11.3 Å². The van der Waals surface area contributed by atoms with Crippen LogP contribution in [0.1, 0.15) is 23.7 Å². The SMILES string of the molecule is CCc1cccc2sc(N(Cc3ccccn3)C(=O)COc3ccc(C)cc3)nc12. The average Bonchev–Trinajstić information content (AvgIpc) is 3.21. The molecule has 4 aromatic rings. The van der Waals surface area contributed by atoms with Crippen molar-refractivity contribution in [1.29, 1.82) is 0 Å². The van der Waals surface area contributed by atoms with Crippen molar-refractivity contribution in [3.8, 4) is 5.75 Å². The van der Waals surface area contributed by atoms with E-state index in [1.165, 1.54) is 16.9 Å². The van der Waals surface area contributed by atoms with Gasteiger partial charge < -0.3 is 4.74 Å². The predicted molar refractivity (Wildman–Crippen MR) is 121 cm³/mol. The number of nitrogens with zero attached hydrogens (tertiary/aromatic N) is 3. The molecule has 0 spiro atoms. The van der Waals surface area contributed by atoms with Gasteiger partial charge in [0.1, 0.15) is 5.75 Å². The van der Waals surface area contributed by atoms with Crippen molar-refractivity contribution in [2.24, 2.45) is 0 Å². The third-order valence-corrected chi connectivity index (χ3v) is 5.88. The van der Waals surface area contributed by atoms with Gasteiger partial charge in [0.15, 0.2) is 11.7 Å². The summed E-state index contributed by atoms with van der Waals surface area (Å²) in [7, 11) is 0. The minimum absolute atomic E-state index is 0.0630. The highest BCUT2D eigenvalue weighted by Gasteiger charge is 2.22. The fourth-order valence-electron chi connectivity index (χ4n) is 3.17. The van der Waals surface area contributed by atoms with Gasteiger partial charge in [-0.05, 0) is 49.2 Å². The molecule has 0 saturated heterocycles. The number of thiazole rings is 1. The largest absolute Gasteiger partial charge is 0.484 e. The molecule has 0 aliphatic heterocycles. The van der Waals surface area contributed by atoms with Gasteiger partial charge in [0.2, 0.25) is 0 Å². The number of para-hydroxylation sites is 1. The van der Waals surface area contributed by atoms with Crippen molar-refractivity contribution in [3.05, 3.63) is 83.7 Å². The summed E-state index contributed by atoms with van der Waals surface area (Å²) in [4.78, 5) is 24.0. The number of fused-ring (bicyclic) bond motifs is 1. The standard InChI is InChI=1S/C24H23N3O2S/c1-3-18-7-6-9-21-23(18)26-24(30-21)27(15-19-8-4-5-14-25-19)22(28)16-29-20-12-10-17(2)11-13-20/h4-14H,3,15-16H2,1-2H3. The van der Waals surface area contributed by atoms with E-state index in [9.17, 15) is 4.79 Å². The van der Waals surface area contributed by atoms with Gasteiger partial charge in [-0.1, -0.05) is 54.2 Å². The summed E-state index contributed by atoms with van der Waals surface area (Å²) in [6.45, 7) is 4.41. The van der Waals surface area contributed by atoms with E-state index in [0.717, 1.165) is 27.9 Å². The molecule has 5 nitrogen and oxygen atoms in total. The van der Waals surface area contributed by atoms with Crippen molar-refractivity contribution in [3.63, 3.8) is 0 Å². The van der Waals surface area contributed by atoms with Gasteiger partial charge in [-0.25, -0.2) is 4.98 Å². The Kier molecular flexibility index (Phi) is 6.05. The third kappa shape index (κ3) is 4.49. The molecule has 2 aromatic heterocycles. The van der Waals surface area contributed by atoms with Gasteiger partial charge in [-0.3, -0.25) is 14.7 Å². The molecule has 0 unspecified atom stereocenters. The van der Waals surface area contributed by atoms with Crippen molar-refractivity contribution in [2.75, 3.05) is 11.5 Å². The van der Waals surface area contributed by atoms with E-state index in [1.54, 1.807) is 11.1 Å². The number of carbonyl (C=O) groups is 1. The van der Waals surface area contributed by atoms with Crippen LogP contribution in [0.3, 0.4) is 0 Å². The van der Waals surface area contributed by atoms with E-state index >= 15 is 0 Å². The van der Waals surface area contributed by atoms with Gasteiger partial charge in [0.05, 0.1) is 22.5 Å². The summed E-state index contributed by atoms with van der Waals surface area (Å²) < 4.78 is 6.82. The number of anilines is 1. The second kappa shape index (κ2) is 9.05. The molecule has 30 heavy (non-hydrogen) atoms. The topological polar surface area (TPSA) is 55.3 Å². The molecule has 2 heterocycles. The highest BCUT2D eigenvalue weighted by Crippen LogP contribution is 2.32. The smallest absolute Gasteiger partial charge is 0.267 e. The number of ether oxygens (including phenoxy) is 1. The summed E-state index contributed by atoms with van der Waals surface area (Å²) in [6.07, 6.45) is 2.62. The molecular weight excluding hydrogens is 394 g/mol. The molecule has 4 rings (SSSR count). The number of hydrogen-bond donors (Lipinski definition) is 0. The maximum Gasteiger partial charge on any atom is 0.267 e. The zero-order valence-corrected chi connectivity index (χ0v) is 17.9. The molecule has 0 fully saturated rings. The summed E-state index contributed by atoms with van der Waals surface area (Å²) in [5.74, 6) is 0.516. The Morgan fingerprint density at radius 3 is 2.63 bits per heavy atom. The molecule has 2 aromatic carbocycles. The first-order valence-electron chi connectivity index (χ1n) is 9.92. The van der Waals surface area contributed by atoms with Crippen LogP contribution in [0.4, 0.5) is 5.13 Å². The van der Waals surface area contributed by atoms with E-state index in [2.05, 4.69) is 18.0 Å². The second-order valence-electron chi connectivity index (χ2n) is 7.02. The van der Waals surface area contributed by atoms with Gasteiger partial charge in [0, 0.05) is 6.20 Å². The molecule has 0 radical (unpaired) electrons. The number of benzene rings is 2. The maximum atomic E-state index is 13.2. The lowest BCUT2D eigenvalue weighted by Gasteiger charge is -2.19. The number of rotatable bonds is 7. The molecule has 0 saturated carbocycles. The lowest BCUT2D eigenvalue weighted by molar-refractivity contribution is -0.120. The Balaban J connectivity index is 1.62. The van der Waals surface area contributed by atoms with Crippen LogP contribution in [0.25, 0.3) is 10.2 Å². The van der Waals surface area contributed by atoms with Crippen molar-refractivity contribution in [1.82, 2.24) is 9.97 Å². The van der Waals surface area contributed by atoms with E-state index in [0.29, 0.717) is 17.4 Å². The normalized spacial score (nSPS) is 10.9. The zero-order chi connectivity index (χ0) is 20.9. The number of hydrogen-bond acceptors (Lipinski definition) is 5. The third-order valence-electron chi connectivity index (χ3n) is 4.83. The average molecular weight is 418 g/mol. The number of carbonyl (C=O) groups excluding carboxylic acids is 1. The maximum absolute atomic E-state index is 13.2. The molecule has 1 amide bonds. The minimum atomic E-state index is -0.154. The van der Waals surface area contributed by atoms with Gasteiger partial charge in [-0.15, -0.1) is 0 Å². The molecule has 0 N–H and O–H groups in total. The van der Waals surface area contributed by atoms with Crippen LogP contribution in [0, 0.1) is 6.92 Å². The Labute approximate surface area is 180 Å². The van der Waals surface area contributed by atoms with Gasteiger partial charge in [-0.2, -0.15) is 0 Å². The van der Waals surface area contributed by atoms with E-state index < -0.39 is 0 Å². The van der Waals surface area contributed by atoms with Crippen LogP contribution in [0.15, 0.2) is 66.9 Å². The van der Waals surface area contributed by atoms with Crippen molar-refractivity contribution >= 4 is 32.6 Å². The lowest BCUT2D eigenvalue weighted by Crippen LogP contribution is -2.34. The van der Waals surface area contributed by atoms with Gasteiger partial charge >= 0.3 is 0 Å². The molecule has 0 aliphatic rings. The van der Waals surface area contributed by atoms with E-state index in [-0.39, 0.29) is 12.5 Å². The molecule has 6 heteroatoms. The van der Waals surface area contributed by atoms with Crippen LogP contribution in [0.2, 0.25) is 0 Å². The first-order valence-corrected chi connectivity index (χ1v) is 10.7. The number of amides is 1. The quantitative estimate of drug-likeness (QED) is 0.416. The molecule has 0 bridgehead atoms. The summed E-state index contributed by atoms with van der Waals surface area (Å²) in [6, 6.07) is 19.5. The van der Waals surface area contributed by atoms with Crippen LogP contribution < -0.4 is 9.64 Å². The Bertz CT molecular complexity index is 1140. The predicted octanol–water partition coefficient (Wildman–Crippen LogP) is 5.17. The van der Waals surface area contributed by atoms with E-state index in [1.807, 2.05) is 61.5 Å². The highest BCUT2D eigenvalue weighted by atomic mass is 32.1. The monoisotopic (exact) mass is 417 g/mol. The zero-order valence-electron chi connectivity index (χ0n) is 17.0. The fraction of sp³-hybridized carbons (Fsp3) is 0.208. The minimum Gasteiger partial charge on any atom is -0.484 e. The van der Waals surface area contributed by atoms with Gasteiger partial charge in [0.25, 0.3) is 5.91 Å². The molecule has 152 valence electrons.